The predicted molar refractivity (Wildman–Crippen MR) is 73.0 cm³/mol. The van der Waals surface area contributed by atoms with Gasteiger partial charge in [-0.05, 0) is 33.6 Å². The number of nitrogens with zero attached hydrogens (tertiary/aromatic N) is 2. The van der Waals surface area contributed by atoms with Crippen molar-refractivity contribution >= 4 is 11.6 Å². The summed E-state index contributed by atoms with van der Waals surface area (Å²) in [6, 6.07) is 0. The van der Waals surface area contributed by atoms with E-state index in [1.54, 1.807) is 6.33 Å². The van der Waals surface area contributed by atoms with Crippen molar-refractivity contribution in [2.24, 2.45) is 0 Å². The Balaban J connectivity index is 2.15. The molecule has 0 unspecified atom stereocenters. The zero-order valence-electron chi connectivity index (χ0n) is 11.4. The number of rotatable bonds is 4. The van der Waals surface area contributed by atoms with Gasteiger partial charge < -0.3 is 15.4 Å². The van der Waals surface area contributed by atoms with Gasteiger partial charge in [0.25, 0.3) is 0 Å². The van der Waals surface area contributed by atoms with Crippen LogP contribution in [0.15, 0.2) is 6.33 Å². The summed E-state index contributed by atoms with van der Waals surface area (Å²) in [6.07, 6.45) is 3.62. The number of ether oxygens (including phenoxy) is 1. The molecule has 2 heterocycles. The first-order valence-electron chi connectivity index (χ1n) is 6.56. The van der Waals surface area contributed by atoms with Crippen LogP contribution in [0.3, 0.4) is 0 Å². The molecule has 0 aliphatic carbocycles. The van der Waals surface area contributed by atoms with E-state index in [0.29, 0.717) is 0 Å². The smallest absolute Gasteiger partial charge is 0.134 e. The van der Waals surface area contributed by atoms with Crippen molar-refractivity contribution < 1.29 is 4.74 Å². The molecule has 1 aliphatic heterocycles. The van der Waals surface area contributed by atoms with E-state index >= 15 is 0 Å². The molecule has 2 N–H and O–H groups in total. The van der Waals surface area contributed by atoms with Crippen LogP contribution >= 0.6 is 0 Å². The standard InChI is InChI=1S/C13H22N4O/c1-4-14-11-10(2)12(16-9-15-11)17-13(3)5-7-18-8-6-13/h9H,4-8H2,1-3H3,(H2,14,15,16,17). The van der Waals surface area contributed by atoms with E-state index in [4.69, 9.17) is 4.74 Å². The van der Waals surface area contributed by atoms with E-state index < -0.39 is 0 Å². The van der Waals surface area contributed by atoms with Crippen LogP contribution in [0.25, 0.3) is 0 Å². The zero-order chi connectivity index (χ0) is 13.0. The van der Waals surface area contributed by atoms with Crippen LogP contribution < -0.4 is 10.6 Å². The summed E-state index contributed by atoms with van der Waals surface area (Å²) in [6.45, 7) is 8.82. The Morgan fingerprint density at radius 3 is 2.61 bits per heavy atom. The molecule has 0 saturated carbocycles. The molecule has 0 atom stereocenters. The number of nitrogens with one attached hydrogen (secondary N) is 2. The van der Waals surface area contributed by atoms with Gasteiger partial charge in [-0.1, -0.05) is 0 Å². The summed E-state index contributed by atoms with van der Waals surface area (Å²) in [7, 11) is 0. The van der Waals surface area contributed by atoms with Crippen molar-refractivity contribution in [2.75, 3.05) is 30.4 Å². The van der Waals surface area contributed by atoms with E-state index in [9.17, 15) is 0 Å². The Hall–Kier alpha value is -1.36. The average molecular weight is 250 g/mol. The number of hydrogen-bond donors (Lipinski definition) is 2. The predicted octanol–water partition coefficient (Wildman–Crippen LogP) is 2.20. The molecule has 5 heteroatoms. The second-order valence-electron chi connectivity index (χ2n) is 5.02. The lowest BCUT2D eigenvalue weighted by Crippen LogP contribution is -2.41. The number of anilines is 2. The van der Waals surface area contributed by atoms with E-state index in [1.807, 2.05) is 6.92 Å². The summed E-state index contributed by atoms with van der Waals surface area (Å²) in [4.78, 5) is 8.62. The molecule has 1 aromatic heterocycles. The van der Waals surface area contributed by atoms with Crippen LogP contribution in [0.1, 0.15) is 32.3 Å². The van der Waals surface area contributed by atoms with Crippen LogP contribution in [-0.4, -0.2) is 35.3 Å². The SMILES string of the molecule is CCNc1ncnc(NC2(C)CCOCC2)c1C. The Morgan fingerprint density at radius 2 is 1.94 bits per heavy atom. The fourth-order valence-electron chi connectivity index (χ4n) is 2.15. The second kappa shape index (κ2) is 5.52. The van der Waals surface area contributed by atoms with Gasteiger partial charge in [-0.3, -0.25) is 0 Å². The second-order valence-corrected chi connectivity index (χ2v) is 5.02. The van der Waals surface area contributed by atoms with Crippen LogP contribution in [0, 0.1) is 6.92 Å². The van der Waals surface area contributed by atoms with E-state index in [2.05, 4.69) is 34.4 Å². The lowest BCUT2D eigenvalue weighted by Gasteiger charge is -2.35. The minimum Gasteiger partial charge on any atom is -0.381 e. The maximum atomic E-state index is 5.41. The summed E-state index contributed by atoms with van der Waals surface area (Å²) in [5.74, 6) is 1.83. The highest BCUT2D eigenvalue weighted by atomic mass is 16.5. The van der Waals surface area contributed by atoms with Crippen LogP contribution in [0.5, 0.6) is 0 Å². The van der Waals surface area contributed by atoms with Gasteiger partial charge in [-0.25, -0.2) is 9.97 Å². The number of hydrogen-bond acceptors (Lipinski definition) is 5. The summed E-state index contributed by atoms with van der Waals surface area (Å²) in [5, 5.41) is 6.80. The van der Waals surface area contributed by atoms with Gasteiger partial charge in [0, 0.05) is 30.9 Å². The lowest BCUT2D eigenvalue weighted by atomic mass is 9.92. The van der Waals surface area contributed by atoms with Crippen molar-refractivity contribution in [3.63, 3.8) is 0 Å². The number of aromatic nitrogens is 2. The molecule has 2 rings (SSSR count). The minimum absolute atomic E-state index is 0.0703. The molecule has 1 aliphatic rings. The maximum Gasteiger partial charge on any atom is 0.134 e. The van der Waals surface area contributed by atoms with Crippen LogP contribution in [0.2, 0.25) is 0 Å². The van der Waals surface area contributed by atoms with Crippen molar-refractivity contribution in [3.05, 3.63) is 11.9 Å². The van der Waals surface area contributed by atoms with Gasteiger partial charge in [0.15, 0.2) is 0 Å². The Bertz CT molecular complexity index is 402. The topological polar surface area (TPSA) is 59.1 Å². The van der Waals surface area contributed by atoms with E-state index in [1.165, 1.54) is 0 Å². The maximum absolute atomic E-state index is 5.41. The summed E-state index contributed by atoms with van der Waals surface area (Å²) in [5.41, 5.74) is 1.15. The third-order valence-corrected chi connectivity index (χ3v) is 3.44. The van der Waals surface area contributed by atoms with Crippen molar-refractivity contribution in [1.29, 1.82) is 0 Å². The quantitative estimate of drug-likeness (QED) is 0.858. The Labute approximate surface area is 108 Å². The lowest BCUT2D eigenvalue weighted by molar-refractivity contribution is 0.0657. The normalized spacial score (nSPS) is 18.4. The zero-order valence-corrected chi connectivity index (χ0v) is 11.4. The molecule has 1 aromatic rings. The largest absolute Gasteiger partial charge is 0.381 e. The van der Waals surface area contributed by atoms with Gasteiger partial charge >= 0.3 is 0 Å². The molecule has 18 heavy (non-hydrogen) atoms. The summed E-state index contributed by atoms with van der Waals surface area (Å²) < 4.78 is 5.41. The molecule has 0 spiro atoms. The van der Waals surface area contributed by atoms with Gasteiger partial charge in [0.05, 0.1) is 0 Å². The first-order chi connectivity index (χ1) is 8.64. The first kappa shape index (κ1) is 13.1. The highest BCUT2D eigenvalue weighted by molar-refractivity contribution is 5.57. The van der Waals surface area contributed by atoms with Gasteiger partial charge in [0.2, 0.25) is 0 Å². The molecule has 0 amide bonds. The van der Waals surface area contributed by atoms with Gasteiger partial charge in [-0.15, -0.1) is 0 Å². The molecule has 5 nitrogen and oxygen atoms in total. The van der Waals surface area contributed by atoms with Gasteiger partial charge in [-0.2, -0.15) is 0 Å². The Kier molecular flexibility index (Phi) is 4.01. The molecule has 100 valence electrons. The van der Waals surface area contributed by atoms with Crippen LogP contribution in [-0.2, 0) is 4.74 Å². The van der Waals surface area contributed by atoms with Crippen molar-refractivity contribution in [3.8, 4) is 0 Å². The third kappa shape index (κ3) is 2.90. The van der Waals surface area contributed by atoms with E-state index in [-0.39, 0.29) is 5.54 Å². The highest BCUT2D eigenvalue weighted by Crippen LogP contribution is 2.27. The highest BCUT2D eigenvalue weighted by Gasteiger charge is 2.28. The molecule has 0 aromatic carbocycles. The Morgan fingerprint density at radius 1 is 1.28 bits per heavy atom. The van der Waals surface area contributed by atoms with Crippen molar-refractivity contribution in [1.82, 2.24) is 9.97 Å². The molecule has 1 fully saturated rings. The molecule has 1 saturated heterocycles. The first-order valence-corrected chi connectivity index (χ1v) is 6.56. The summed E-state index contributed by atoms with van der Waals surface area (Å²) >= 11 is 0. The van der Waals surface area contributed by atoms with E-state index in [0.717, 1.165) is 49.8 Å². The third-order valence-electron chi connectivity index (χ3n) is 3.44. The minimum atomic E-state index is 0.0703. The van der Waals surface area contributed by atoms with Crippen LogP contribution in [0.4, 0.5) is 11.6 Å². The fraction of sp³-hybridized carbons (Fsp3) is 0.692. The molecule has 0 radical (unpaired) electrons. The molecular formula is C13H22N4O. The molecular weight excluding hydrogens is 228 g/mol. The monoisotopic (exact) mass is 250 g/mol. The fourth-order valence-corrected chi connectivity index (χ4v) is 2.15. The average Bonchev–Trinajstić information content (AvgIpc) is 2.35. The van der Waals surface area contributed by atoms with Crippen molar-refractivity contribution in [2.45, 2.75) is 39.2 Å². The molecule has 0 bridgehead atoms. The van der Waals surface area contributed by atoms with Gasteiger partial charge in [0.1, 0.15) is 18.0 Å².